The lowest BCUT2D eigenvalue weighted by atomic mass is 10.0. The van der Waals surface area contributed by atoms with E-state index >= 15 is 0 Å². The van der Waals surface area contributed by atoms with Gasteiger partial charge in [0, 0.05) is 0 Å². The minimum atomic E-state index is -0.570. The Morgan fingerprint density at radius 3 is 2.63 bits per heavy atom. The minimum Gasteiger partial charge on any atom is -0.497 e. The summed E-state index contributed by atoms with van der Waals surface area (Å²) in [5.41, 5.74) is 4.07. The van der Waals surface area contributed by atoms with Gasteiger partial charge in [-0.1, -0.05) is 42.5 Å². The topological polar surface area (TPSA) is 89.0 Å². The zero-order chi connectivity index (χ0) is 19.5. The molecule has 7 nitrogen and oxygen atoms in total. The van der Waals surface area contributed by atoms with Crippen LogP contribution < -0.4 is 15.5 Å². The monoisotopic (exact) mass is 369 g/mol. The van der Waals surface area contributed by atoms with Crippen molar-refractivity contribution in [3.63, 3.8) is 0 Å². The molecule has 0 radical (unpaired) electrons. The molecule has 2 aromatic rings. The Labute approximate surface area is 158 Å². The normalized spacial score (nSPS) is 11.6. The quantitative estimate of drug-likeness (QED) is 0.553. The Kier molecular flexibility index (Phi) is 7.84. The predicted octanol–water partition coefficient (Wildman–Crippen LogP) is 3.02. The van der Waals surface area contributed by atoms with Crippen LogP contribution >= 0.6 is 0 Å². The lowest BCUT2D eigenvalue weighted by Crippen LogP contribution is -2.33. The van der Waals surface area contributed by atoms with Gasteiger partial charge in [0.15, 0.2) is 0 Å². The molecule has 7 heteroatoms. The van der Waals surface area contributed by atoms with Crippen LogP contribution in [-0.4, -0.2) is 31.9 Å². The smallest absolute Gasteiger partial charge is 0.407 e. The van der Waals surface area contributed by atoms with Gasteiger partial charge in [-0.15, -0.1) is 0 Å². The van der Waals surface area contributed by atoms with Gasteiger partial charge in [-0.25, -0.2) is 10.2 Å². The van der Waals surface area contributed by atoms with Crippen molar-refractivity contribution in [1.82, 2.24) is 10.7 Å². The summed E-state index contributed by atoms with van der Waals surface area (Å²) in [7, 11) is 1.58. The molecule has 0 aliphatic rings. The molecule has 0 aromatic heterocycles. The van der Waals surface area contributed by atoms with Gasteiger partial charge in [0.05, 0.1) is 32.4 Å². The maximum Gasteiger partial charge on any atom is 0.407 e. The third kappa shape index (κ3) is 6.81. The average molecular weight is 369 g/mol. The van der Waals surface area contributed by atoms with Crippen LogP contribution in [-0.2, 0) is 9.53 Å². The zero-order valence-electron chi connectivity index (χ0n) is 15.3. The Balaban J connectivity index is 1.98. The summed E-state index contributed by atoms with van der Waals surface area (Å²) in [5.74, 6) is 0.368. The average Bonchev–Trinajstić information content (AvgIpc) is 2.68. The molecule has 0 fully saturated rings. The molecule has 27 heavy (non-hydrogen) atoms. The number of alkyl carbamates (subject to hydrolysis) is 1. The number of nitrogens with zero attached hydrogens (tertiary/aromatic N) is 1. The van der Waals surface area contributed by atoms with Crippen molar-refractivity contribution in [1.29, 1.82) is 0 Å². The van der Waals surface area contributed by atoms with E-state index in [1.54, 1.807) is 20.1 Å². The molecule has 0 spiro atoms. The van der Waals surface area contributed by atoms with Gasteiger partial charge in [-0.2, -0.15) is 5.10 Å². The number of ether oxygens (including phenoxy) is 2. The summed E-state index contributed by atoms with van der Waals surface area (Å²) in [5, 5.41) is 6.65. The van der Waals surface area contributed by atoms with E-state index in [2.05, 4.69) is 15.8 Å². The second kappa shape index (κ2) is 10.6. The number of carbonyl (C=O) groups excluding carboxylic acids is 2. The first kappa shape index (κ1) is 20.0. The van der Waals surface area contributed by atoms with Crippen molar-refractivity contribution in [2.75, 3.05) is 13.7 Å². The minimum absolute atomic E-state index is 0.0261. The Morgan fingerprint density at radius 2 is 1.93 bits per heavy atom. The second-order valence-corrected chi connectivity index (χ2v) is 5.60. The van der Waals surface area contributed by atoms with Gasteiger partial charge < -0.3 is 14.8 Å². The second-order valence-electron chi connectivity index (χ2n) is 5.60. The van der Waals surface area contributed by atoms with Crippen molar-refractivity contribution in [2.24, 2.45) is 5.10 Å². The third-order valence-corrected chi connectivity index (χ3v) is 3.66. The molecule has 2 rings (SSSR count). The lowest BCUT2D eigenvalue weighted by Gasteiger charge is -2.18. The van der Waals surface area contributed by atoms with E-state index < -0.39 is 12.1 Å². The maximum absolute atomic E-state index is 12.2. The summed E-state index contributed by atoms with van der Waals surface area (Å²) in [4.78, 5) is 24.0. The van der Waals surface area contributed by atoms with Crippen molar-refractivity contribution in [3.8, 4) is 5.75 Å². The standard InChI is InChI=1S/C20H23N3O4/c1-3-27-20(25)22-18(16-9-5-4-6-10-16)13-19(24)23-21-14-15-8-7-11-17(12-15)26-2/h4-12,14,18H,3,13H2,1-2H3,(H,22,25)(H,23,24)/b21-14-/t18-/m0/s1. The van der Waals surface area contributed by atoms with Crippen LogP contribution in [0.3, 0.4) is 0 Å². The highest BCUT2D eigenvalue weighted by molar-refractivity contribution is 5.83. The van der Waals surface area contributed by atoms with E-state index in [0.29, 0.717) is 5.75 Å². The molecule has 2 amide bonds. The zero-order valence-corrected chi connectivity index (χ0v) is 15.3. The number of nitrogens with one attached hydrogen (secondary N) is 2. The third-order valence-electron chi connectivity index (χ3n) is 3.66. The molecule has 2 aromatic carbocycles. The fourth-order valence-electron chi connectivity index (χ4n) is 2.38. The molecule has 0 aliphatic heterocycles. The fourth-order valence-corrected chi connectivity index (χ4v) is 2.38. The van der Waals surface area contributed by atoms with Crippen molar-refractivity contribution < 1.29 is 19.1 Å². The molecule has 0 aliphatic carbocycles. The van der Waals surface area contributed by atoms with Crippen LogP contribution in [0.2, 0.25) is 0 Å². The van der Waals surface area contributed by atoms with Crippen LogP contribution in [0.1, 0.15) is 30.5 Å². The van der Waals surface area contributed by atoms with Crippen LogP contribution in [0, 0.1) is 0 Å². The Hall–Kier alpha value is -3.35. The molecule has 0 unspecified atom stereocenters. The van der Waals surface area contributed by atoms with Crippen molar-refractivity contribution >= 4 is 18.2 Å². The first-order chi connectivity index (χ1) is 13.1. The van der Waals surface area contributed by atoms with Gasteiger partial charge in [0.2, 0.25) is 5.91 Å². The number of hydrogen-bond donors (Lipinski definition) is 2. The highest BCUT2D eigenvalue weighted by Gasteiger charge is 2.18. The number of amides is 2. The van der Waals surface area contributed by atoms with Gasteiger partial charge in [-0.05, 0) is 30.2 Å². The number of methoxy groups -OCH3 is 1. The first-order valence-electron chi connectivity index (χ1n) is 8.56. The Morgan fingerprint density at radius 1 is 1.15 bits per heavy atom. The Bertz CT molecular complexity index is 778. The summed E-state index contributed by atoms with van der Waals surface area (Å²) in [6.07, 6.45) is 0.980. The fraction of sp³-hybridized carbons (Fsp3) is 0.250. The van der Waals surface area contributed by atoms with E-state index in [4.69, 9.17) is 9.47 Å². The molecule has 0 bridgehead atoms. The van der Waals surface area contributed by atoms with E-state index in [0.717, 1.165) is 11.1 Å². The SMILES string of the molecule is CCOC(=O)N[C@@H](CC(=O)N/N=C\c1cccc(OC)c1)c1ccccc1. The predicted molar refractivity (Wildman–Crippen MR) is 103 cm³/mol. The summed E-state index contributed by atoms with van der Waals surface area (Å²) in [6.45, 7) is 1.97. The molecular formula is C20H23N3O4. The molecule has 0 saturated carbocycles. The molecule has 1 atom stereocenters. The summed E-state index contributed by atoms with van der Waals surface area (Å²) >= 11 is 0. The molecule has 0 saturated heterocycles. The number of hydrogen-bond acceptors (Lipinski definition) is 5. The number of hydrazone groups is 1. The molecule has 2 N–H and O–H groups in total. The van der Waals surface area contributed by atoms with Crippen LogP contribution in [0.5, 0.6) is 5.75 Å². The summed E-state index contributed by atoms with van der Waals surface area (Å²) < 4.78 is 10.1. The number of carbonyl (C=O) groups is 2. The van der Waals surface area contributed by atoms with E-state index in [1.807, 2.05) is 48.5 Å². The van der Waals surface area contributed by atoms with Gasteiger partial charge in [0.1, 0.15) is 5.75 Å². The molecule has 142 valence electrons. The van der Waals surface area contributed by atoms with Crippen LogP contribution in [0.4, 0.5) is 4.79 Å². The van der Waals surface area contributed by atoms with Crippen LogP contribution in [0.25, 0.3) is 0 Å². The van der Waals surface area contributed by atoms with Crippen molar-refractivity contribution in [2.45, 2.75) is 19.4 Å². The van der Waals surface area contributed by atoms with Gasteiger partial charge in [-0.3, -0.25) is 4.79 Å². The maximum atomic E-state index is 12.2. The first-order valence-corrected chi connectivity index (χ1v) is 8.56. The molecular weight excluding hydrogens is 346 g/mol. The highest BCUT2D eigenvalue weighted by atomic mass is 16.5. The summed E-state index contributed by atoms with van der Waals surface area (Å²) in [6, 6.07) is 16.0. The van der Waals surface area contributed by atoms with Gasteiger partial charge >= 0.3 is 6.09 Å². The number of rotatable bonds is 8. The van der Waals surface area contributed by atoms with E-state index in [-0.39, 0.29) is 18.9 Å². The van der Waals surface area contributed by atoms with E-state index in [9.17, 15) is 9.59 Å². The van der Waals surface area contributed by atoms with Crippen molar-refractivity contribution in [3.05, 3.63) is 65.7 Å². The largest absolute Gasteiger partial charge is 0.497 e. The number of benzene rings is 2. The molecule has 0 heterocycles. The highest BCUT2D eigenvalue weighted by Crippen LogP contribution is 2.16. The van der Waals surface area contributed by atoms with E-state index in [1.165, 1.54) is 6.21 Å². The van der Waals surface area contributed by atoms with Gasteiger partial charge in [0.25, 0.3) is 0 Å². The van der Waals surface area contributed by atoms with Crippen LogP contribution in [0.15, 0.2) is 59.7 Å². The lowest BCUT2D eigenvalue weighted by molar-refractivity contribution is -0.121.